The fourth-order valence-electron chi connectivity index (χ4n) is 1.42. The number of Topliss-reactive ketones (excluding diaryl/α,β-unsaturated/α-hetero) is 1. The number of aryl methyl sites for hydroxylation is 2. The number of ketones is 1. The van der Waals surface area contributed by atoms with Crippen molar-refractivity contribution in [1.29, 1.82) is 0 Å². The third kappa shape index (κ3) is 3.14. The molecule has 1 aromatic heterocycles. The van der Waals surface area contributed by atoms with Crippen LogP contribution in [0, 0.1) is 13.8 Å². The van der Waals surface area contributed by atoms with Gasteiger partial charge in [0.05, 0.1) is 18.8 Å². The number of carbonyl (C=O) groups excluding carboxylic acids is 1. The van der Waals surface area contributed by atoms with Gasteiger partial charge in [0.2, 0.25) is 0 Å². The first-order valence-corrected chi connectivity index (χ1v) is 4.86. The summed E-state index contributed by atoms with van der Waals surface area (Å²) in [5, 5.41) is 3.86. The number of aromatic nitrogens is 1. The van der Waals surface area contributed by atoms with Gasteiger partial charge in [-0.2, -0.15) is 0 Å². The molecule has 5 nitrogen and oxygen atoms in total. The van der Waals surface area contributed by atoms with Crippen LogP contribution in [0.4, 0.5) is 0 Å². The van der Waals surface area contributed by atoms with Gasteiger partial charge in [0.25, 0.3) is 0 Å². The molecule has 0 aromatic carbocycles. The number of likely N-dealkylation sites (N-methyl/N-ethyl adjacent to an activating group) is 1. The van der Waals surface area contributed by atoms with Gasteiger partial charge in [-0.25, -0.2) is 0 Å². The van der Waals surface area contributed by atoms with E-state index in [-0.39, 0.29) is 12.3 Å². The van der Waals surface area contributed by atoms with E-state index in [1.807, 2.05) is 25.8 Å². The molecule has 2 N–H and O–H groups in total. The molecule has 0 aliphatic rings. The zero-order valence-corrected chi connectivity index (χ0v) is 9.41. The molecule has 0 unspecified atom stereocenters. The standard InChI is InChI=1S/C10H17N3O2/c1-7-10(8(2)15-12-7)6-13(3)5-9(14)4-11/h4-6,11H2,1-3H3. The van der Waals surface area contributed by atoms with Gasteiger partial charge in [-0.05, 0) is 20.9 Å². The first-order valence-electron chi connectivity index (χ1n) is 4.86. The second-order valence-corrected chi connectivity index (χ2v) is 3.72. The van der Waals surface area contributed by atoms with Crippen LogP contribution in [0.15, 0.2) is 4.52 Å². The Hall–Kier alpha value is -1.20. The molecule has 5 heteroatoms. The van der Waals surface area contributed by atoms with Crippen molar-refractivity contribution in [3.8, 4) is 0 Å². The van der Waals surface area contributed by atoms with Gasteiger partial charge in [0, 0.05) is 12.1 Å². The van der Waals surface area contributed by atoms with Crippen molar-refractivity contribution in [2.24, 2.45) is 5.73 Å². The van der Waals surface area contributed by atoms with Gasteiger partial charge in [0.1, 0.15) is 5.76 Å². The molecule has 0 radical (unpaired) electrons. The first kappa shape index (κ1) is 11.9. The van der Waals surface area contributed by atoms with Gasteiger partial charge in [-0.3, -0.25) is 9.69 Å². The Balaban J connectivity index is 2.58. The van der Waals surface area contributed by atoms with E-state index in [4.69, 9.17) is 10.3 Å². The van der Waals surface area contributed by atoms with Gasteiger partial charge in [-0.15, -0.1) is 0 Å². The highest BCUT2D eigenvalue weighted by atomic mass is 16.5. The molecule has 0 saturated heterocycles. The van der Waals surface area contributed by atoms with Crippen LogP contribution in [0.1, 0.15) is 17.0 Å². The Morgan fingerprint density at radius 3 is 2.67 bits per heavy atom. The monoisotopic (exact) mass is 211 g/mol. The summed E-state index contributed by atoms with van der Waals surface area (Å²) in [5.74, 6) is 0.837. The zero-order chi connectivity index (χ0) is 11.4. The molecule has 84 valence electrons. The van der Waals surface area contributed by atoms with Crippen molar-refractivity contribution < 1.29 is 9.32 Å². The predicted octanol–water partition coefficient (Wildman–Crippen LogP) is 0.251. The maximum absolute atomic E-state index is 11.1. The smallest absolute Gasteiger partial charge is 0.160 e. The number of carbonyl (C=O) groups is 1. The molecule has 0 aliphatic carbocycles. The van der Waals surface area contributed by atoms with Crippen LogP contribution in [0.25, 0.3) is 0 Å². The normalized spacial score (nSPS) is 11.0. The van der Waals surface area contributed by atoms with Crippen LogP contribution in [0.2, 0.25) is 0 Å². The van der Waals surface area contributed by atoms with Crippen LogP contribution in [0.5, 0.6) is 0 Å². The van der Waals surface area contributed by atoms with E-state index in [9.17, 15) is 4.79 Å². The number of nitrogens with two attached hydrogens (primary N) is 1. The summed E-state index contributed by atoms with van der Waals surface area (Å²) < 4.78 is 5.04. The van der Waals surface area contributed by atoms with Crippen molar-refractivity contribution in [2.75, 3.05) is 20.1 Å². The van der Waals surface area contributed by atoms with Crippen LogP contribution in [-0.4, -0.2) is 36.0 Å². The lowest BCUT2D eigenvalue weighted by molar-refractivity contribution is -0.118. The molecular formula is C10H17N3O2. The van der Waals surface area contributed by atoms with E-state index in [0.717, 1.165) is 17.0 Å². The lowest BCUT2D eigenvalue weighted by Crippen LogP contribution is -2.30. The Morgan fingerprint density at radius 2 is 2.20 bits per heavy atom. The fraction of sp³-hybridized carbons (Fsp3) is 0.600. The molecule has 15 heavy (non-hydrogen) atoms. The molecule has 0 aliphatic heterocycles. The summed E-state index contributed by atoms with van der Waals surface area (Å²) in [6.07, 6.45) is 0. The van der Waals surface area contributed by atoms with Crippen LogP contribution >= 0.6 is 0 Å². The number of hydrogen-bond donors (Lipinski definition) is 1. The van der Waals surface area contributed by atoms with Crippen molar-refractivity contribution in [2.45, 2.75) is 20.4 Å². The summed E-state index contributed by atoms with van der Waals surface area (Å²) in [6.45, 7) is 4.87. The van der Waals surface area contributed by atoms with Crippen LogP contribution < -0.4 is 5.73 Å². The molecule has 1 heterocycles. The van der Waals surface area contributed by atoms with E-state index in [1.165, 1.54) is 0 Å². The minimum atomic E-state index is 0.0317. The fourth-order valence-corrected chi connectivity index (χ4v) is 1.42. The minimum Gasteiger partial charge on any atom is -0.361 e. The largest absolute Gasteiger partial charge is 0.361 e. The highest BCUT2D eigenvalue weighted by Gasteiger charge is 2.12. The summed E-state index contributed by atoms with van der Waals surface area (Å²) in [7, 11) is 1.87. The maximum atomic E-state index is 11.1. The second kappa shape index (κ2) is 5.04. The van der Waals surface area contributed by atoms with Crippen LogP contribution in [-0.2, 0) is 11.3 Å². The SMILES string of the molecule is Cc1noc(C)c1CN(C)CC(=O)CN. The van der Waals surface area contributed by atoms with E-state index in [1.54, 1.807) is 0 Å². The van der Waals surface area contributed by atoms with Crippen molar-refractivity contribution in [3.05, 3.63) is 17.0 Å². The second-order valence-electron chi connectivity index (χ2n) is 3.72. The molecule has 0 bridgehead atoms. The molecule has 1 rings (SSSR count). The average molecular weight is 211 g/mol. The summed E-state index contributed by atoms with van der Waals surface area (Å²) in [5.41, 5.74) is 7.16. The van der Waals surface area contributed by atoms with Gasteiger partial charge < -0.3 is 10.3 Å². The topological polar surface area (TPSA) is 72.4 Å². The zero-order valence-electron chi connectivity index (χ0n) is 9.41. The lowest BCUT2D eigenvalue weighted by atomic mass is 10.2. The molecule has 0 spiro atoms. The summed E-state index contributed by atoms with van der Waals surface area (Å²) in [4.78, 5) is 13.0. The van der Waals surface area contributed by atoms with Gasteiger partial charge in [0.15, 0.2) is 5.78 Å². The van der Waals surface area contributed by atoms with E-state index < -0.39 is 0 Å². The van der Waals surface area contributed by atoms with E-state index >= 15 is 0 Å². The number of nitrogens with zero attached hydrogens (tertiary/aromatic N) is 2. The van der Waals surface area contributed by atoms with Crippen molar-refractivity contribution in [1.82, 2.24) is 10.1 Å². The molecular weight excluding hydrogens is 194 g/mol. The molecule has 0 amide bonds. The quantitative estimate of drug-likeness (QED) is 0.756. The Bertz CT molecular complexity index is 327. The van der Waals surface area contributed by atoms with E-state index in [2.05, 4.69) is 5.16 Å². The third-order valence-electron chi connectivity index (χ3n) is 2.28. The maximum Gasteiger partial charge on any atom is 0.160 e. The van der Waals surface area contributed by atoms with Crippen molar-refractivity contribution in [3.63, 3.8) is 0 Å². The Labute approximate surface area is 89.2 Å². The summed E-state index contributed by atoms with van der Waals surface area (Å²) in [6, 6.07) is 0. The Kier molecular flexibility index (Phi) is 3.99. The molecule has 0 fully saturated rings. The molecule has 0 saturated carbocycles. The lowest BCUT2D eigenvalue weighted by Gasteiger charge is -2.14. The highest BCUT2D eigenvalue weighted by Crippen LogP contribution is 2.13. The van der Waals surface area contributed by atoms with E-state index in [0.29, 0.717) is 13.1 Å². The van der Waals surface area contributed by atoms with Crippen molar-refractivity contribution >= 4 is 5.78 Å². The molecule has 0 atom stereocenters. The third-order valence-corrected chi connectivity index (χ3v) is 2.28. The predicted molar refractivity (Wildman–Crippen MR) is 56.4 cm³/mol. The molecule has 1 aromatic rings. The number of hydrogen-bond acceptors (Lipinski definition) is 5. The highest BCUT2D eigenvalue weighted by molar-refractivity contribution is 5.82. The first-order chi connectivity index (χ1) is 7.04. The minimum absolute atomic E-state index is 0.0317. The summed E-state index contributed by atoms with van der Waals surface area (Å²) >= 11 is 0. The van der Waals surface area contributed by atoms with Gasteiger partial charge >= 0.3 is 0 Å². The van der Waals surface area contributed by atoms with Gasteiger partial charge in [-0.1, -0.05) is 5.16 Å². The van der Waals surface area contributed by atoms with Crippen LogP contribution in [0.3, 0.4) is 0 Å². The average Bonchev–Trinajstić information content (AvgIpc) is 2.49. The Morgan fingerprint density at radius 1 is 1.53 bits per heavy atom. The number of rotatable bonds is 5.